The summed E-state index contributed by atoms with van der Waals surface area (Å²) in [5.41, 5.74) is 2.18. The Bertz CT molecular complexity index is 2000. The summed E-state index contributed by atoms with van der Waals surface area (Å²) in [5, 5.41) is 11.3. The summed E-state index contributed by atoms with van der Waals surface area (Å²) in [6.07, 6.45) is 1.72. The molecule has 3 aromatic carbocycles. The molecule has 0 aliphatic carbocycles. The quantitative estimate of drug-likeness (QED) is 0.134. The van der Waals surface area contributed by atoms with Gasteiger partial charge >= 0.3 is 5.97 Å². The van der Waals surface area contributed by atoms with E-state index in [1.165, 1.54) is 42.3 Å². The van der Waals surface area contributed by atoms with Gasteiger partial charge < -0.3 is 18.9 Å². The topological polar surface area (TPSA) is 131 Å². The molecular formula is C32H28ClN3O8S. The summed E-state index contributed by atoms with van der Waals surface area (Å²) >= 11 is 7.53. The zero-order valence-electron chi connectivity index (χ0n) is 24.7. The lowest BCUT2D eigenvalue weighted by Crippen LogP contribution is -2.40. The molecule has 1 aliphatic rings. The summed E-state index contributed by atoms with van der Waals surface area (Å²) in [7, 11) is 2.77. The van der Waals surface area contributed by atoms with E-state index in [-0.39, 0.29) is 23.4 Å². The lowest BCUT2D eigenvalue weighted by atomic mass is 9.95. The second kappa shape index (κ2) is 13.4. The molecule has 0 N–H and O–H groups in total. The summed E-state index contributed by atoms with van der Waals surface area (Å²) in [5.74, 6) is 0.760. The number of nitrogens with zero attached hydrogens (tertiary/aromatic N) is 3. The summed E-state index contributed by atoms with van der Waals surface area (Å²) in [6, 6.07) is 15.5. The largest absolute Gasteiger partial charge is 0.496 e. The van der Waals surface area contributed by atoms with Crippen molar-refractivity contribution in [3.05, 3.63) is 123 Å². The normalized spacial score (nSPS) is 14.4. The lowest BCUT2D eigenvalue weighted by molar-refractivity contribution is -0.384. The zero-order chi connectivity index (χ0) is 32.2. The van der Waals surface area contributed by atoms with Crippen LogP contribution in [0.5, 0.6) is 17.2 Å². The van der Waals surface area contributed by atoms with Gasteiger partial charge in [0.05, 0.1) is 41.6 Å². The Morgan fingerprint density at radius 1 is 1.07 bits per heavy atom. The molecule has 0 bridgehead atoms. The number of nitro groups is 1. The monoisotopic (exact) mass is 649 g/mol. The molecule has 232 valence electrons. The number of carbonyl (C=O) groups excluding carboxylic acids is 1. The molecular weight excluding hydrogens is 622 g/mol. The van der Waals surface area contributed by atoms with Crippen molar-refractivity contribution in [2.24, 2.45) is 4.99 Å². The number of methoxy groups -OCH3 is 2. The first-order chi connectivity index (χ1) is 21.6. The maximum Gasteiger partial charge on any atom is 0.338 e. The minimum absolute atomic E-state index is 0.00176. The Balaban J connectivity index is 1.55. The fourth-order valence-electron chi connectivity index (χ4n) is 4.93. The summed E-state index contributed by atoms with van der Waals surface area (Å²) < 4.78 is 24.3. The van der Waals surface area contributed by atoms with E-state index in [0.29, 0.717) is 55.0 Å². The van der Waals surface area contributed by atoms with Crippen LogP contribution >= 0.6 is 22.9 Å². The van der Waals surface area contributed by atoms with Gasteiger partial charge in [0.2, 0.25) is 0 Å². The molecule has 13 heteroatoms. The Morgan fingerprint density at radius 2 is 1.80 bits per heavy atom. The Labute approximate surface area is 266 Å². The average molecular weight is 650 g/mol. The molecule has 0 amide bonds. The summed E-state index contributed by atoms with van der Waals surface area (Å²) in [4.78, 5) is 42.4. The van der Waals surface area contributed by atoms with Gasteiger partial charge in [0, 0.05) is 22.7 Å². The molecule has 0 fully saturated rings. The smallest absolute Gasteiger partial charge is 0.338 e. The first-order valence-electron chi connectivity index (χ1n) is 13.7. The molecule has 0 spiro atoms. The first kappa shape index (κ1) is 31.5. The third-order valence-corrected chi connectivity index (χ3v) is 8.24. The average Bonchev–Trinajstić information content (AvgIpc) is 3.33. The second-order valence-corrected chi connectivity index (χ2v) is 11.3. The molecule has 45 heavy (non-hydrogen) atoms. The first-order valence-corrected chi connectivity index (χ1v) is 14.9. The van der Waals surface area contributed by atoms with Gasteiger partial charge in [0.1, 0.15) is 18.4 Å². The molecule has 1 aromatic heterocycles. The van der Waals surface area contributed by atoms with E-state index in [0.717, 1.165) is 5.56 Å². The molecule has 1 aliphatic heterocycles. The number of non-ortho nitro benzene ring substituents is 1. The van der Waals surface area contributed by atoms with Gasteiger partial charge in [-0.1, -0.05) is 29.0 Å². The number of benzene rings is 3. The minimum Gasteiger partial charge on any atom is -0.496 e. The zero-order valence-corrected chi connectivity index (χ0v) is 26.3. The van der Waals surface area contributed by atoms with Crippen LogP contribution in [0.4, 0.5) is 5.69 Å². The number of hydrogen-bond donors (Lipinski definition) is 0. The second-order valence-electron chi connectivity index (χ2n) is 9.81. The number of carbonyl (C=O) groups is 1. The van der Waals surface area contributed by atoms with Gasteiger partial charge in [-0.25, -0.2) is 9.79 Å². The number of allylic oxidation sites excluding steroid dienone is 1. The molecule has 11 nitrogen and oxygen atoms in total. The highest BCUT2D eigenvalue weighted by atomic mass is 35.5. The van der Waals surface area contributed by atoms with E-state index in [9.17, 15) is 19.7 Å². The number of aromatic nitrogens is 1. The number of rotatable bonds is 10. The maximum atomic E-state index is 14.0. The van der Waals surface area contributed by atoms with Crippen LogP contribution in [0.15, 0.2) is 81.7 Å². The van der Waals surface area contributed by atoms with Crippen LogP contribution in [-0.2, 0) is 16.1 Å². The Kier molecular flexibility index (Phi) is 9.35. The van der Waals surface area contributed by atoms with Crippen molar-refractivity contribution >= 4 is 40.7 Å². The molecule has 0 saturated carbocycles. The highest BCUT2D eigenvalue weighted by Crippen LogP contribution is 2.37. The van der Waals surface area contributed by atoms with Gasteiger partial charge in [-0.2, -0.15) is 0 Å². The number of hydrogen-bond acceptors (Lipinski definition) is 10. The fourth-order valence-corrected chi connectivity index (χ4v) is 6.16. The van der Waals surface area contributed by atoms with Crippen LogP contribution in [0.25, 0.3) is 6.08 Å². The summed E-state index contributed by atoms with van der Waals surface area (Å²) in [6.45, 7) is 4.08. The predicted octanol–water partition coefficient (Wildman–Crippen LogP) is 4.96. The molecule has 0 unspecified atom stereocenters. The van der Waals surface area contributed by atoms with Crippen LogP contribution in [0, 0.1) is 10.1 Å². The number of esters is 1. The predicted molar refractivity (Wildman–Crippen MR) is 169 cm³/mol. The highest BCUT2D eigenvalue weighted by Gasteiger charge is 2.35. The van der Waals surface area contributed by atoms with E-state index in [2.05, 4.69) is 4.99 Å². The van der Waals surface area contributed by atoms with E-state index >= 15 is 0 Å². The molecule has 4 aromatic rings. The number of ether oxygens (including phenoxy) is 4. The van der Waals surface area contributed by atoms with Gasteiger partial charge in [0.15, 0.2) is 16.3 Å². The van der Waals surface area contributed by atoms with Gasteiger partial charge in [-0.3, -0.25) is 19.5 Å². The van der Waals surface area contributed by atoms with Crippen LogP contribution in [-0.4, -0.2) is 36.3 Å². The third kappa shape index (κ3) is 6.47. The van der Waals surface area contributed by atoms with Crippen molar-refractivity contribution in [2.75, 3.05) is 20.8 Å². The number of thiazole rings is 1. The number of halogens is 1. The fraction of sp³-hybridized carbons (Fsp3) is 0.219. The number of nitro benzene ring substituents is 1. The van der Waals surface area contributed by atoms with E-state index in [4.69, 9.17) is 30.5 Å². The van der Waals surface area contributed by atoms with Crippen LogP contribution in [0.1, 0.15) is 36.6 Å². The Hall–Kier alpha value is -4.94. The highest BCUT2D eigenvalue weighted by molar-refractivity contribution is 7.07. The van der Waals surface area contributed by atoms with E-state index in [1.807, 2.05) is 6.92 Å². The van der Waals surface area contributed by atoms with E-state index < -0.39 is 16.9 Å². The van der Waals surface area contributed by atoms with Crippen molar-refractivity contribution in [1.82, 2.24) is 4.57 Å². The molecule has 1 atom stereocenters. The molecule has 0 radical (unpaired) electrons. The van der Waals surface area contributed by atoms with Gasteiger partial charge in [-0.05, 0) is 73.5 Å². The lowest BCUT2D eigenvalue weighted by Gasteiger charge is -2.25. The van der Waals surface area contributed by atoms with E-state index in [1.54, 1.807) is 61.5 Å². The standard InChI is InChI=1S/C32H28ClN3O8S/c1-5-43-26-14-20(8-12-25(26)44-17-19-6-10-22(11-7-19)36(39)40)15-27-30(37)35-29(23-16-21(33)9-13-24(23)41-3)28(31(38)42-4)18(2)34-32(35)45-27/h6-16,29H,5,17H2,1-4H3/b27-15-/t29-/m0/s1. The molecule has 0 saturated heterocycles. The third-order valence-electron chi connectivity index (χ3n) is 7.02. The SMILES string of the molecule is CCOc1cc(/C=c2\sc3n(c2=O)[C@@H](c2cc(Cl)ccc2OC)C(C(=O)OC)=C(C)N=3)ccc1OCc1ccc([N+](=O)[O-])cc1. The number of fused-ring (bicyclic) bond motifs is 1. The molecule has 2 heterocycles. The van der Waals surface area contributed by atoms with Crippen LogP contribution < -0.4 is 29.1 Å². The maximum absolute atomic E-state index is 14.0. The van der Waals surface area contributed by atoms with Crippen molar-refractivity contribution in [1.29, 1.82) is 0 Å². The van der Waals surface area contributed by atoms with Crippen molar-refractivity contribution in [3.63, 3.8) is 0 Å². The van der Waals surface area contributed by atoms with Gasteiger partial charge in [-0.15, -0.1) is 0 Å². The Morgan fingerprint density at radius 3 is 2.47 bits per heavy atom. The minimum atomic E-state index is -0.890. The van der Waals surface area contributed by atoms with Crippen LogP contribution in [0.3, 0.4) is 0 Å². The molecule has 5 rings (SSSR count). The van der Waals surface area contributed by atoms with Crippen molar-refractivity contribution < 1.29 is 28.7 Å². The van der Waals surface area contributed by atoms with Crippen molar-refractivity contribution in [3.8, 4) is 17.2 Å². The van der Waals surface area contributed by atoms with Crippen molar-refractivity contribution in [2.45, 2.75) is 26.5 Å². The van der Waals surface area contributed by atoms with Gasteiger partial charge in [0.25, 0.3) is 11.2 Å². The van der Waals surface area contributed by atoms with Crippen LogP contribution in [0.2, 0.25) is 5.02 Å².